The topological polar surface area (TPSA) is 146 Å². The van der Waals surface area contributed by atoms with Crippen LogP contribution in [0.1, 0.15) is 29.8 Å². The molecule has 0 aliphatic heterocycles. The van der Waals surface area contributed by atoms with Crippen LogP contribution in [0.3, 0.4) is 0 Å². The van der Waals surface area contributed by atoms with Crippen molar-refractivity contribution in [2.45, 2.75) is 26.3 Å². The normalized spacial score (nSPS) is 11.1. The minimum absolute atomic E-state index is 0.219. The molecule has 2 aromatic rings. The second-order valence-electron chi connectivity index (χ2n) is 6.48. The van der Waals surface area contributed by atoms with Crippen molar-refractivity contribution in [3.63, 3.8) is 0 Å². The summed E-state index contributed by atoms with van der Waals surface area (Å²) in [4.78, 5) is 35.8. The van der Waals surface area contributed by atoms with Gasteiger partial charge in [0.25, 0.3) is 5.91 Å². The van der Waals surface area contributed by atoms with E-state index in [4.69, 9.17) is 15.9 Å². The third kappa shape index (κ3) is 6.93. The fourth-order valence-corrected chi connectivity index (χ4v) is 2.74. The van der Waals surface area contributed by atoms with Gasteiger partial charge in [0.1, 0.15) is 6.04 Å². The van der Waals surface area contributed by atoms with E-state index in [1.807, 2.05) is 0 Å². The average molecular weight is 411 g/mol. The van der Waals surface area contributed by atoms with Crippen LogP contribution in [-0.2, 0) is 20.7 Å². The molecule has 30 heavy (non-hydrogen) atoms. The molecule has 0 saturated carbocycles. The summed E-state index contributed by atoms with van der Waals surface area (Å²) in [6, 6.07) is 12.8. The van der Waals surface area contributed by atoms with E-state index in [1.54, 1.807) is 55.5 Å². The minimum Gasteiger partial charge on any atom is -0.464 e. The van der Waals surface area contributed by atoms with Gasteiger partial charge in [-0.1, -0.05) is 18.2 Å². The van der Waals surface area contributed by atoms with Crippen LogP contribution in [-0.4, -0.2) is 36.4 Å². The molecule has 158 valence electrons. The Kier molecular flexibility index (Phi) is 7.92. The average Bonchev–Trinajstić information content (AvgIpc) is 2.68. The summed E-state index contributed by atoms with van der Waals surface area (Å²) in [5.41, 5.74) is 7.61. The number of anilines is 2. The number of nitrogens with one attached hydrogen (secondary N) is 4. The van der Waals surface area contributed by atoms with E-state index in [0.29, 0.717) is 16.9 Å². The monoisotopic (exact) mass is 411 g/mol. The molecule has 0 fully saturated rings. The largest absolute Gasteiger partial charge is 0.464 e. The van der Waals surface area contributed by atoms with E-state index in [2.05, 4.69) is 16.0 Å². The maximum atomic E-state index is 12.5. The zero-order valence-electron chi connectivity index (χ0n) is 16.8. The quantitative estimate of drug-likeness (QED) is 0.254. The van der Waals surface area contributed by atoms with E-state index in [0.717, 1.165) is 5.56 Å². The Labute approximate surface area is 174 Å². The number of benzene rings is 2. The predicted octanol–water partition coefficient (Wildman–Crippen LogP) is 1.85. The summed E-state index contributed by atoms with van der Waals surface area (Å²) < 4.78 is 5.00. The van der Waals surface area contributed by atoms with E-state index < -0.39 is 12.0 Å². The molecular formula is C21H25N5O4. The van der Waals surface area contributed by atoms with Crippen LogP contribution < -0.4 is 21.7 Å². The smallest absolute Gasteiger partial charge is 0.328 e. The summed E-state index contributed by atoms with van der Waals surface area (Å²) in [5.74, 6) is -1.36. The Morgan fingerprint density at radius 2 is 1.77 bits per heavy atom. The molecule has 9 heteroatoms. The first-order valence-corrected chi connectivity index (χ1v) is 9.33. The van der Waals surface area contributed by atoms with Crippen molar-refractivity contribution in [1.82, 2.24) is 5.32 Å². The van der Waals surface area contributed by atoms with Gasteiger partial charge in [0.15, 0.2) is 5.96 Å². The highest BCUT2D eigenvalue weighted by Gasteiger charge is 2.21. The number of carbonyl (C=O) groups is 3. The highest BCUT2D eigenvalue weighted by Crippen LogP contribution is 2.15. The maximum Gasteiger partial charge on any atom is 0.328 e. The van der Waals surface area contributed by atoms with Gasteiger partial charge in [0, 0.05) is 30.3 Å². The molecule has 2 rings (SSSR count). The lowest BCUT2D eigenvalue weighted by Crippen LogP contribution is -2.42. The van der Waals surface area contributed by atoms with Crippen LogP contribution in [0.15, 0.2) is 48.5 Å². The van der Waals surface area contributed by atoms with Gasteiger partial charge in [-0.25, -0.2) is 4.79 Å². The lowest BCUT2D eigenvalue weighted by Gasteiger charge is -2.16. The number of carbonyl (C=O) groups excluding carboxylic acids is 3. The molecule has 0 aromatic heterocycles. The van der Waals surface area contributed by atoms with Crippen molar-refractivity contribution in [2.75, 3.05) is 17.2 Å². The molecule has 0 heterocycles. The first-order valence-electron chi connectivity index (χ1n) is 9.33. The molecule has 1 atom stereocenters. The second kappa shape index (κ2) is 10.6. The molecular weight excluding hydrogens is 386 g/mol. The van der Waals surface area contributed by atoms with Gasteiger partial charge >= 0.3 is 5.97 Å². The number of rotatable bonds is 8. The number of nitrogens with two attached hydrogens (primary N) is 1. The molecule has 9 nitrogen and oxygen atoms in total. The fourth-order valence-electron chi connectivity index (χ4n) is 2.74. The van der Waals surface area contributed by atoms with Gasteiger partial charge in [-0.3, -0.25) is 15.0 Å². The van der Waals surface area contributed by atoms with Crippen LogP contribution in [0.4, 0.5) is 11.4 Å². The van der Waals surface area contributed by atoms with Crippen molar-refractivity contribution in [3.8, 4) is 0 Å². The summed E-state index contributed by atoms with van der Waals surface area (Å²) in [5, 5.41) is 15.3. The van der Waals surface area contributed by atoms with E-state index in [9.17, 15) is 14.4 Å². The van der Waals surface area contributed by atoms with Gasteiger partial charge in [-0.15, -0.1) is 0 Å². The Morgan fingerprint density at radius 3 is 2.37 bits per heavy atom. The Bertz CT molecular complexity index is 927. The minimum atomic E-state index is -0.778. The molecule has 0 spiro atoms. The van der Waals surface area contributed by atoms with Crippen LogP contribution in [0, 0.1) is 5.41 Å². The van der Waals surface area contributed by atoms with Crippen molar-refractivity contribution in [3.05, 3.63) is 59.7 Å². The lowest BCUT2D eigenvalue weighted by molar-refractivity contribution is -0.147. The van der Waals surface area contributed by atoms with Crippen molar-refractivity contribution in [1.29, 1.82) is 5.41 Å². The zero-order chi connectivity index (χ0) is 22.1. The highest BCUT2D eigenvalue weighted by molar-refractivity contribution is 6.05. The van der Waals surface area contributed by atoms with Crippen molar-refractivity contribution < 1.29 is 19.1 Å². The molecule has 0 aliphatic rings. The SMILES string of the molecule is CCOC(=O)[C@H](Cc1ccc(NC(=O)c2cccc(NC(=N)N)c2)cc1)NC(C)=O. The molecule has 6 N–H and O–H groups in total. The summed E-state index contributed by atoms with van der Waals surface area (Å²) in [6.07, 6.45) is 0.269. The molecule has 2 aromatic carbocycles. The van der Waals surface area contributed by atoms with Gasteiger partial charge in [0.05, 0.1) is 6.61 Å². The number of hydrogen-bond donors (Lipinski definition) is 5. The van der Waals surface area contributed by atoms with Crippen molar-refractivity contribution >= 4 is 35.1 Å². The Balaban J connectivity index is 2.04. The number of guanidine groups is 1. The Hall–Kier alpha value is -3.88. The van der Waals surface area contributed by atoms with E-state index in [1.165, 1.54) is 6.92 Å². The number of hydrogen-bond acceptors (Lipinski definition) is 5. The highest BCUT2D eigenvalue weighted by atomic mass is 16.5. The molecule has 0 radical (unpaired) electrons. The molecule has 0 bridgehead atoms. The number of ether oxygens (including phenoxy) is 1. The van der Waals surface area contributed by atoms with Gasteiger partial charge in [-0.2, -0.15) is 0 Å². The van der Waals surface area contributed by atoms with Gasteiger partial charge < -0.3 is 26.4 Å². The fraction of sp³-hybridized carbons (Fsp3) is 0.238. The van der Waals surface area contributed by atoms with Crippen LogP contribution in [0.25, 0.3) is 0 Å². The number of amides is 2. The second-order valence-corrected chi connectivity index (χ2v) is 6.48. The third-order valence-electron chi connectivity index (χ3n) is 4.00. The molecule has 2 amide bonds. The molecule has 0 aliphatic carbocycles. The molecule has 0 saturated heterocycles. The Morgan fingerprint density at radius 1 is 1.07 bits per heavy atom. The first kappa shape index (κ1) is 22.4. The summed E-state index contributed by atoms with van der Waals surface area (Å²) in [7, 11) is 0. The van der Waals surface area contributed by atoms with Crippen LogP contribution in [0.5, 0.6) is 0 Å². The van der Waals surface area contributed by atoms with Crippen molar-refractivity contribution in [2.24, 2.45) is 5.73 Å². The van der Waals surface area contributed by atoms with Gasteiger partial charge in [0.2, 0.25) is 5.91 Å². The van der Waals surface area contributed by atoms with E-state index >= 15 is 0 Å². The lowest BCUT2D eigenvalue weighted by atomic mass is 10.1. The van der Waals surface area contributed by atoms with Crippen LogP contribution in [0.2, 0.25) is 0 Å². The third-order valence-corrected chi connectivity index (χ3v) is 4.00. The summed E-state index contributed by atoms with van der Waals surface area (Å²) >= 11 is 0. The van der Waals surface area contributed by atoms with Crippen LogP contribution >= 0.6 is 0 Å². The standard InChI is InChI=1S/C21H25N5O4/c1-3-30-20(29)18(24-13(2)27)11-14-7-9-16(10-8-14)25-19(28)15-5-4-6-17(12-15)26-21(22)23/h4-10,12,18H,3,11H2,1-2H3,(H,24,27)(H,25,28)(H4,22,23,26)/t18-/m0/s1. The zero-order valence-corrected chi connectivity index (χ0v) is 16.8. The maximum absolute atomic E-state index is 12.5. The predicted molar refractivity (Wildman–Crippen MR) is 114 cm³/mol. The van der Waals surface area contributed by atoms with E-state index in [-0.39, 0.29) is 30.8 Å². The first-order chi connectivity index (χ1) is 14.3. The van der Waals surface area contributed by atoms with Gasteiger partial charge in [-0.05, 0) is 42.8 Å². The number of esters is 1. The molecule has 0 unspecified atom stereocenters. The summed E-state index contributed by atoms with van der Waals surface area (Å²) in [6.45, 7) is 3.26.